The number of hydrogen-bond donors (Lipinski definition) is 0. The van der Waals surface area contributed by atoms with E-state index in [2.05, 4.69) is 38.1 Å². The van der Waals surface area contributed by atoms with Crippen LogP contribution in [0.2, 0.25) is 0 Å². The molecular formula is C20H28ClNO. The molecule has 0 N–H and O–H groups in total. The van der Waals surface area contributed by atoms with Crippen LogP contribution in [0.4, 0.5) is 0 Å². The van der Waals surface area contributed by atoms with Gasteiger partial charge in [-0.05, 0) is 44.2 Å². The van der Waals surface area contributed by atoms with Crippen LogP contribution in [0.1, 0.15) is 69.9 Å². The average molecular weight is 334 g/mol. The smallest absolute Gasteiger partial charge is 0.141 e. The highest BCUT2D eigenvalue weighted by Gasteiger charge is 2.29. The Labute approximate surface area is 146 Å². The molecule has 3 rings (SSSR count). The summed E-state index contributed by atoms with van der Waals surface area (Å²) in [7, 11) is 0. The topological polar surface area (TPSA) is 29.4 Å². The van der Waals surface area contributed by atoms with E-state index >= 15 is 0 Å². The molecule has 1 aliphatic heterocycles. The van der Waals surface area contributed by atoms with Gasteiger partial charge < -0.3 is 0 Å². The van der Waals surface area contributed by atoms with Crippen LogP contribution >= 0.6 is 12.4 Å². The first-order valence-corrected chi connectivity index (χ1v) is 8.75. The van der Waals surface area contributed by atoms with Gasteiger partial charge in [-0.1, -0.05) is 49.9 Å². The van der Waals surface area contributed by atoms with Gasteiger partial charge in [-0.2, -0.15) is 0 Å². The molecule has 1 saturated carbocycles. The fraction of sp³-hybridized carbons (Fsp3) is 0.600. The van der Waals surface area contributed by atoms with E-state index in [1.165, 1.54) is 36.8 Å². The minimum absolute atomic E-state index is 0. The normalized spacial score (nSPS) is 20.7. The Hall–Kier alpha value is -1.15. The van der Waals surface area contributed by atoms with E-state index in [0.717, 1.165) is 25.0 Å². The number of benzene rings is 1. The Morgan fingerprint density at radius 2 is 1.78 bits per heavy atom. The van der Waals surface area contributed by atoms with Crippen LogP contribution in [0.25, 0.3) is 0 Å². The van der Waals surface area contributed by atoms with Gasteiger partial charge >= 0.3 is 0 Å². The molecule has 0 amide bonds. The predicted molar refractivity (Wildman–Crippen MR) is 98.8 cm³/mol. The molecule has 23 heavy (non-hydrogen) atoms. The Balaban J connectivity index is 0.00000192. The fourth-order valence-corrected chi connectivity index (χ4v) is 3.93. The molecule has 126 valence electrons. The van der Waals surface area contributed by atoms with Crippen LogP contribution < -0.4 is 0 Å². The summed E-state index contributed by atoms with van der Waals surface area (Å²) in [6, 6.07) is 8.46. The van der Waals surface area contributed by atoms with Crippen LogP contribution in [0.5, 0.6) is 0 Å². The number of ketones is 1. The predicted octanol–water partition coefficient (Wildman–Crippen LogP) is 5.16. The third-order valence-electron chi connectivity index (χ3n) is 5.04. The van der Waals surface area contributed by atoms with Crippen molar-refractivity contribution in [2.45, 2.75) is 70.8 Å². The van der Waals surface area contributed by atoms with Crippen molar-refractivity contribution in [3.63, 3.8) is 0 Å². The van der Waals surface area contributed by atoms with E-state index in [1.54, 1.807) is 0 Å². The largest absolute Gasteiger partial charge is 0.299 e. The van der Waals surface area contributed by atoms with E-state index in [4.69, 9.17) is 4.99 Å². The van der Waals surface area contributed by atoms with Crippen LogP contribution in [0, 0.1) is 5.92 Å². The Morgan fingerprint density at radius 3 is 2.48 bits per heavy atom. The molecule has 0 atom stereocenters. The van der Waals surface area contributed by atoms with E-state index in [1.807, 2.05) is 0 Å². The molecule has 2 nitrogen and oxygen atoms in total. The van der Waals surface area contributed by atoms with Gasteiger partial charge in [-0.3, -0.25) is 9.79 Å². The van der Waals surface area contributed by atoms with Crippen LogP contribution in [-0.4, -0.2) is 17.0 Å². The number of hydrogen-bond acceptors (Lipinski definition) is 2. The van der Waals surface area contributed by atoms with Gasteiger partial charge in [-0.25, -0.2) is 0 Å². The zero-order chi connectivity index (χ0) is 15.6. The van der Waals surface area contributed by atoms with E-state index in [0.29, 0.717) is 12.2 Å². The van der Waals surface area contributed by atoms with Crippen molar-refractivity contribution in [1.29, 1.82) is 0 Å². The quantitative estimate of drug-likeness (QED) is 0.702. The van der Waals surface area contributed by atoms with Crippen molar-refractivity contribution in [1.82, 2.24) is 0 Å². The Morgan fingerprint density at radius 1 is 1.13 bits per heavy atom. The Kier molecular flexibility index (Phi) is 6.02. The van der Waals surface area contributed by atoms with Gasteiger partial charge in [0.15, 0.2) is 0 Å². The first-order valence-electron chi connectivity index (χ1n) is 8.75. The Bertz CT molecular complexity index is 583. The molecule has 1 fully saturated rings. The molecule has 0 aromatic heterocycles. The number of Topliss-reactive ketones (excluding diaryl/α,β-unsaturated/α-hetero) is 1. The first-order chi connectivity index (χ1) is 10.6. The summed E-state index contributed by atoms with van der Waals surface area (Å²) in [5.41, 5.74) is 3.46. The van der Waals surface area contributed by atoms with Crippen molar-refractivity contribution in [3.05, 3.63) is 35.4 Å². The molecule has 0 spiro atoms. The number of nitrogens with zero attached hydrogens (tertiary/aromatic N) is 1. The molecule has 1 aliphatic carbocycles. The second kappa shape index (κ2) is 7.61. The second-order valence-electron chi connectivity index (χ2n) is 7.54. The summed E-state index contributed by atoms with van der Waals surface area (Å²) >= 11 is 0. The van der Waals surface area contributed by atoms with E-state index in [-0.39, 0.29) is 23.9 Å². The summed E-state index contributed by atoms with van der Waals surface area (Å²) in [6.45, 7) is 4.33. The van der Waals surface area contributed by atoms with Crippen molar-refractivity contribution < 1.29 is 4.79 Å². The third kappa shape index (κ3) is 4.44. The molecule has 0 unspecified atom stereocenters. The minimum Gasteiger partial charge on any atom is -0.299 e. The lowest BCUT2D eigenvalue weighted by molar-refractivity contribution is -0.122. The molecule has 0 saturated heterocycles. The summed E-state index contributed by atoms with van der Waals surface area (Å²) in [5, 5.41) is 0. The lowest BCUT2D eigenvalue weighted by Crippen LogP contribution is -2.30. The van der Waals surface area contributed by atoms with Gasteiger partial charge in [0, 0.05) is 12.3 Å². The number of rotatable bonds is 3. The maximum Gasteiger partial charge on any atom is 0.141 e. The molecule has 1 aromatic rings. The maximum atomic E-state index is 12.8. The number of fused-ring (bicyclic) bond motifs is 1. The fourth-order valence-electron chi connectivity index (χ4n) is 3.93. The van der Waals surface area contributed by atoms with Crippen LogP contribution in [0.3, 0.4) is 0 Å². The third-order valence-corrected chi connectivity index (χ3v) is 5.04. The van der Waals surface area contributed by atoms with Gasteiger partial charge in [0.05, 0.1) is 11.3 Å². The summed E-state index contributed by atoms with van der Waals surface area (Å²) < 4.78 is 0. The van der Waals surface area contributed by atoms with Gasteiger partial charge in [-0.15, -0.1) is 12.4 Å². The highest BCUT2D eigenvalue weighted by molar-refractivity contribution is 6.12. The van der Waals surface area contributed by atoms with Crippen LogP contribution in [-0.2, 0) is 11.2 Å². The lowest BCUT2D eigenvalue weighted by atomic mass is 9.84. The average Bonchev–Trinajstić information content (AvgIpc) is 2.75. The molecule has 3 heteroatoms. The zero-order valence-corrected chi connectivity index (χ0v) is 15.1. The minimum atomic E-state index is -0.0899. The summed E-state index contributed by atoms with van der Waals surface area (Å²) in [5.74, 6) is 0.676. The monoisotopic (exact) mass is 333 g/mol. The van der Waals surface area contributed by atoms with E-state index < -0.39 is 0 Å². The van der Waals surface area contributed by atoms with Crippen molar-refractivity contribution in [3.8, 4) is 0 Å². The van der Waals surface area contributed by atoms with Crippen molar-refractivity contribution in [2.24, 2.45) is 10.9 Å². The van der Waals surface area contributed by atoms with Gasteiger partial charge in [0.25, 0.3) is 0 Å². The molecule has 0 bridgehead atoms. The van der Waals surface area contributed by atoms with Crippen LogP contribution in [0.15, 0.2) is 29.3 Å². The summed E-state index contributed by atoms with van der Waals surface area (Å²) in [4.78, 5) is 17.7. The number of halogens is 1. The standard InChI is InChI=1S/C20H27NO.ClH/c1-20(2)14-16-11-7-8-12-17(16)18(21-20)13-19(22)15-9-5-3-4-6-10-15;/h7-8,11-12,15H,3-6,9-10,13-14H2,1-2H3;1H. The molecular weight excluding hydrogens is 306 g/mol. The van der Waals surface area contributed by atoms with Gasteiger partial charge in [0.2, 0.25) is 0 Å². The van der Waals surface area contributed by atoms with Crippen molar-refractivity contribution >= 4 is 23.9 Å². The SMILES string of the molecule is CC1(C)Cc2ccccc2C(CC(=O)C2CCCCCC2)=N1.Cl. The molecule has 1 aromatic carbocycles. The molecule has 0 radical (unpaired) electrons. The second-order valence-corrected chi connectivity index (χ2v) is 7.54. The first kappa shape index (κ1) is 18.2. The summed E-state index contributed by atoms with van der Waals surface area (Å²) in [6.07, 6.45) is 8.65. The van der Waals surface area contributed by atoms with Gasteiger partial charge in [0.1, 0.15) is 5.78 Å². The highest BCUT2D eigenvalue weighted by atomic mass is 35.5. The highest BCUT2D eigenvalue weighted by Crippen LogP contribution is 2.30. The molecule has 2 aliphatic rings. The number of carbonyl (C=O) groups excluding carboxylic acids is 1. The number of carbonyl (C=O) groups is 1. The lowest BCUT2D eigenvalue weighted by Gasteiger charge is -2.29. The zero-order valence-electron chi connectivity index (χ0n) is 14.3. The number of aliphatic imine (C=N–C) groups is 1. The molecule has 1 heterocycles. The van der Waals surface area contributed by atoms with Crippen molar-refractivity contribution in [2.75, 3.05) is 0 Å². The maximum absolute atomic E-state index is 12.8. The van der Waals surface area contributed by atoms with E-state index in [9.17, 15) is 4.79 Å².